The van der Waals surface area contributed by atoms with Gasteiger partial charge in [-0.3, -0.25) is 4.79 Å². The van der Waals surface area contributed by atoms with Gasteiger partial charge >= 0.3 is 0 Å². The Morgan fingerprint density at radius 2 is 2.29 bits per heavy atom. The summed E-state index contributed by atoms with van der Waals surface area (Å²) in [7, 11) is 1.62. The van der Waals surface area contributed by atoms with Crippen LogP contribution in [0.1, 0.15) is 10.4 Å². The lowest BCUT2D eigenvalue weighted by Gasteiger charge is -1.97. The van der Waals surface area contributed by atoms with E-state index in [4.69, 9.17) is 0 Å². The number of hydrogen-bond donors (Lipinski definition) is 2. The van der Waals surface area contributed by atoms with E-state index in [1.54, 1.807) is 13.2 Å². The summed E-state index contributed by atoms with van der Waals surface area (Å²) in [5.41, 5.74) is 1.63. The molecule has 1 amide bonds. The van der Waals surface area contributed by atoms with Crippen LogP contribution in [-0.4, -0.2) is 17.9 Å². The van der Waals surface area contributed by atoms with Gasteiger partial charge in [0.25, 0.3) is 5.91 Å². The third-order valence-corrected chi connectivity index (χ3v) is 2.61. The number of amides is 1. The van der Waals surface area contributed by atoms with Crippen LogP contribution in [0.4, 0.5) is 0 Å². The van der Waals surface area contributed by atoms with Gasteiger partial charge in [0.1, 0.15) is 0 Å². The normalized spacial score (nSPS) is 10.4. The van der Waals surface area contributed by atoms with Gasteiger partial charge in [-0.1, -0.05) is 15.9 Å². The number of aromatic amines is 1. The zero-order valence-corrected chi connectivity index (χ0v) is 9.18. The first-order valence-electron chi connectivity index (χ1n) is 4.21. The largest absolute Gasteiger partial charge is 0.360 e. The Balaban J connectivity index is 2.67. The van der Waals surface area contributed by atoms with Gasteiger partial charge < -0.3 is 10.3 Å². The fourth-order valence-corrected chi connectivity index (χ4v) is 1.78. The van der Waals surface area contributed by atoms with Crippen LogP contribution in [0.2, 0.25) is 0 Å². The maximum atomic E-state index is 11.5. The maximum Gasteiger partial charge on any atom is 0.253 e. The van der Waals surface area contributed by atoms with E-state index in [9.17, 15) is 4.79 Å². The third-order valence-electron chi connectivity index (χ3n) is 2.12. The number of hydrogen-bond acceptors (Lipinski definition) is 1. The molecular weight excluding hydrogens is 244 g/mol. The molecule has 0 fully saturated rings. The van der Waals surface area contributed by atoms with Crippen molar-refractivity contribution in [1.82, 2.24) is 10.3 Å². The number of rotatable bonds is 1. The first kappa shape index (κ1) is 9.27. The van der Waals surface area contributed by atoms with Crippen molar-refractivity contribution >= 4 is 32.7 Å². The van der Waals surface area contributed by atoms with Crippen molar-refractivity contribution in [3.05, 3.63) is 34.4 Å². The number of fused-ring (bicyclic) bond motifs is 1. The average Bonchev–Trinajstić information content (AvgIpc) is 2.59. The molecule has 1 heterocycles. The molecule has 0 unspecified atom stereocenters. The standard InChI is InChI=1S/C10H9BrN2O/c1-12-10(14)8-5-13-9-3-2-6(11)4-7(8)9/h2-5,13H,1H3,(H,12,14). The fraction of sp³-hybridized carbons (Fsp3) is 0.100. The molecule has 0 aliphatic carbocycles. The summed E-state index contributed by atoms with van der Waals surface area (Å²) < 4.78 is 0.967. The second-order valence-electron chi connectivity index (χ2n) is 2.97. The molecule has 14 heavy (non-hydrogen) atoms. The van der Waals surface area contributed by atoms with E-state index < -0.39 is 0 Å². The van der Waals surface area contributed by atoms with Gasteiger partial charge in [0.2, 0.25) is 0 Å². The Bertz CT molecular complexity index is 490. The first-order chi connectivity index (χ1) is 6.72. The third kappa shape index (κ3) is 1.42. The molecule has 0 spiro atoms. The molecule has 3 nitrogen and oxygen atoms in total. The monoisotopic (exact) mass is 252 g/mol. The number of benzene rings is 1. The second-order valence-corrected chi connectivity index (χ2v) is 3.89. The van der Waals surface area contributed by atoms with Crippen molar-refractivity contribution < 1.29 is 4.79 Å². The first-order valence-corrected chi connectivity index (χ1v) is 5.00. The van der Waals surface area contributed by atoms with Crippen LogP contribution in [0, 0.1) is 0 Å². The zero-order valence-electron chi connectivity index (χ0n) is 7.60. The van der Waals surface area contributed by atoms with Crippen LogP contribution in [0.25, 0.3) is 10.9 Å². The van der Waals surface area contributed by atoms with Crippen LogP contribution in [0.15, 0.2) is 28.9 Å². The number of carbonyl (C=O) groups is 1. The van der Waals surface area contributed by atoms with Crippen LogP contribution < -0.4 is 5.32 Å². The lowest BCUT2D eigenvalue weighted by Crippen LogP contribution is -2.17. The molecule has 0 radical (unpaired) electrons. The molecular formula is C10H9BrN2O. The van der Waals surface area contributed by atoms with Crippen molar-refractivity contribution in [3.8, 4) is 0 Å². The summed E-state index contributed by atoms with van der Waals surface area (Å²) in [6.07, 6.45) is 1.72. The van der Waals surface area contributed by atoms with Crippen molar-refractivity contribution in [3.63, 3.8) is 0 Å². The van der Waals surface area contributed by atoms with Crippen LogP contribution in [-0.2, 0) is 0 Å². The molecule has 2 rings (SSSR count). The molecule has 1 aromatic heterocycles. The highest BCUT2D eigenvalue weighted by molar-refractivity contribution is 9.10. The molecule has 0 bridgehead atoms. The molecule has 2 aromatic rings. The van der Waals surface area contributed by atoms with Gasteiger partial charge in [-0.05, 0) is 18.2 Å². The van der Waals surface area contributed by atoms with Crippen molar-refractivity contribution in [2.75, 3.05) is 7.05 Å². The summed E-state index contributed by atoms with van der Waals surface area (Å²) in [5.74, 6) is -0.0747. The van der Waals surface area contributed by atoms with Crippen molar-refractivity contribution in [2.24, 2.45) is 0 Å². The number of carbonyl (C=O) groups excluding carboxylic acids is 1. The van der Waals surface area contributed by atoms with E-state index >= 15 is 0 Å². The van der Waals surface area contributed by atoms with Crippen molar-refractivity contribution in [2.45, 2.75) is 0 Å². The molecule has 72 valence electrons. The van der Waals surface area contributed by atoms with Gasteiger partial charge in [-0.2, -0.15) is 0 Å². The summed E-state index contributed by atoms with van der Waals surface area (Å²) >= 11 is 3.38. The topological polar surface area (TPSA) is 44.9 Å². The van der Waals surface area contributed by atoms with E-state index in [2.05, 4.69) is 26.2 Å². The molecule has 4 heteroatoms. The number of nitrogens with one attached hydrogen (secondary N) is 2. The highest BCUT2D eigenvalue weighted by Crippen LogP contribution is 2.22. The van der Waals surface area contributed by atoms with E-state index in [-0.39, 0.29) is 5.91 Å². The van der Waals surface area contributed by atoms with Gasteiger partial charge in [0.15, 0.2) is 0 Å². The minimum absolute atomic E-state index is 0.0747. The summed E-state index contributed by atoms with van der Waals surface area (Å²) in [5, 5.41) is 3.53. The quantitative estimate of drug-likeness (QED) is 0.804. The maximum absolute atomic E-state index is 11.5. The number of H-pyrrole nitrogens is 1. The molecule has 2 N–H and O–H groups in total. The Kier molecular flexibility index (Phi) is 2.29. The number of halogens is 1. The highest BCUT2D eigenvalue weighted by atomic mass is 79.9. The average molecular weight is 253 g/mol. The fourth-order valence-electron chi connectivity index (χ4n) is 1.42. The van der Waals surface area contributed by atoms with E-state index in [0.717, 1.165) is 15.4 Å². The van der Waals surface area contributed by atoms with Crippen LogP contribution in [0.5, 0.6) is 0 Å². The van der Waals surface area contributed by atoms with Crippen LogP contribution in [0.3, 0.4) is 0 Å². The predicted octanol–water partition coefficient (Wildman–Crippen LogP) is 2.29. The lowest BCUT2D eigenvalue weighted by atomic mass is 10.2. The second kappa shape index (κ2) is 3.46. The molecule has 1 aromatic carbocycles. The minimum atomic E-state index is -0.0747. The van der Waals surface area contributed by atoms with Gasteiger partial charge in [-0.25, -0.2) is 0 Å². The number of aromatic nitrogens is 1. The molecule has 0 atom stereocenters. The minimum Gasteiger partial charge on any atom is -0.360 e. The van der Waals surface area contributed by atoms with E-state index in [0.29, 0.717) is 5.56 Å². The van der Waals surface area contributed by atoms with E-state index in [1.807, 2.05) is 18.2 Å². The summed E-state index contributed by atoms with van der Waals surface area (Å²) in [4.78, 5) is 14.5. The lowest BCUT2D eigenvalue weighted by molar-refractivity contribution is 0.0965. The Morgan fingerprint density at radius 1 is 1.50 bits per heavy atom. The molecule has 0 aliphatic rings. The Labute approximate surface area is 89.6 Å². The Morgan fingerprint density at radius 3 is 3.00 bits per heavy atom. The van der Waals surface area contributed by atoms with Crippen molar-refractivity contribution in [1.29, 1.82) is 0 Å². The molecule has 0 saturated heterocycles. The van der Waals surface area contributed by atoms with Crippen LogP contribution >= 0.6 is 15.9 Å². The molecule has 0 aliphatic heterocycles. The summed E-state index contributed by atoms with van der Waals surface area (Å²) in [6.45, 7) is 0. The van der Waals surface area contributed by atoms with E-state index in [1.165, 1.54) is 0 Å². The van der Waals surface area contributed by atoms with Gasteiger partial charge in [0.05, 0.1) is 5.56 Å². The molecule has 0 saturated carbocycles. The van der Waals surface area contributed by atoms with Gasteiger partial charge in [-0.15, -0.1) is 0 Å². The smallest absolute Gasteiger partial charge is 0.253 e. The van der Waals surface area contributed by atoms with Gasteiger partial charge in [0, 0.05) is 28.6 Å². The Hall–Kier alpha value is -1.29. The SMILES string of the molecule is CNC(=O)c1c[nH]c2ccc(Br)cc12. The predicted molar refractivity (Wildman–Crippen MR) is 59.4 cm³/mol. The summed E-state index contributed by atoms with van der Waals surface area (Å²) in [6, 6.07) is 5.80. The zero-order chi connectivity index (χ0) is 10.1. The highest BCUT2D eigenvalue weighted by Gasteiger charge is 2.09.